The molecule has 0 aromatic rings. The molecule has 1 amide bonds. The van der Waals surface area contributed by atoms with E-state index in [4.69, 9.17) is 0 Å². The quantitative estimate of drug-likeness (QED) is 0.664. The highest BCUT2D eigenvalue weighted by Gasteiger charge is 2.17. The Morgan fingerprint density at radius 3 is 2.77 bits per heavy atom. The van der Waals surface area contributed by atoms with Gasteiger partial charge in [0.05, 0.1) is 0 Å². The van der Waals surface area contributed by atoms with Crippen LogP contribution in [-0.4, -0.2) is 12.2 Å². The molecule has 1 N–H and O–H groups in total. The number of nitrogens with one attached hydrogen (secondary N) is 1. The molecular weight excluding hydrogens is 166 g/mol. The Kier molecular flexibility index (Phi) is 3.43. The average molecular weight is 179 g/mol. The predicted octanol–water partition coefficient (Wildman–Crippen LogP) is 1.32. The van der Waals surface area contributed by atoms with Crippen LogP contribution in [0.4, 0.5) is 0 Å². The Labute approximate surface area is 77.5 Å². The molecule has 0 aromatic carbocycles. The second kappa shape index (κ2) is 4.60. The summed E-state index contributed by atoms with van der Waals surface area (Å²) in [6.45, 7) is 1.85. The fourth-order valence-corrected chi connectivity index (χ4v) is 1.44. The number of amides is 1. The van der Waals surface area contributed by atoms with Gasteiger partial charge in [0.1, 0.15) is 0 Å². The van der Waals surface area contributed by atoms with E-state index < -0.39 is 0 Å². The van der Waals surface area contributed by atoms with Crippen molar-refractivity contribution in [2.75, 3.05) is 0 Å². The number of hydrogen-bond donors (Lipinski definition) is 1. The summed E-state index contributed by atoms with van der Waals surface area (Å²) in [5.41, 5.74) is 1.41. The van der Waals surface area contributed by atoms with E-state index in [0.717, 1.165) is 18.5 Å². The summed E-state index contributed by atoms with van der Waals surface area (Å²) in [6.07, 6.45) is 6.39. The summed E-state index contributed by atoms with van der Waals surface area (Å²) < 4.78 is 0. The van der Waals surface area contributed by atoms with Crippen molar-refractivity contribution in [3.63, 3.8) is 0 Å². The minimum atomic E-state index is 0.119. The van der Waals surface area contributed by atoms with Crippen molar-refractivity contribution in [1.82, 2.24) is 5.32 Å². The Morgan fingerprint density at radius 2 is 2.15 bits per heavy atom. The number of hydrogen-bond acceptors (Lipinski definition) is 2. The van der Waals surface area contributed by atoms with Crippen molar-refractivity contribution in [2.45, 2.75) is 26.2 Å². The van der Waals surface area contributed by atoms with Gasteiger partial charge in [-0.3, -0.25) is 9.59 Å². The smallest absolute Gasteiger partial charge is 0.211 e. The minimum Gasteiger partial charge on any atom is -0.332 e. The summed E-state index contributed by atoms with van der Waals surface area (Å²) in [7, 11) is 0. The Balaban J connectivity index is 2.95. The van der Waals surface area contributed by atoms with Crippen LogP contribution in [0.3, 0.4) is 0 Å². The van der Waals surface area contributed by atoms with E-state index >= 15 is 0 Å². The zero-order valence-electron chi connectivity index (χ0n) is 7.67. The molecule has 0 fully saturated rings. The number of ketones is 1. The molecule has 13 heavy (non-hydrogen) atoms. The van der Waals surface area contributed by atoms with Crippen LogP contribution in [0.5, 0.6) is 0 Å². The molecule has 3 heteroatoms. The molecule has 0 bridgehead atoms. The second-order valence-electron chi connectivity index (χ2n) is 2.93. The SMILES string of the molecule is C/C=C\C1=C(NC=O)CCCC1=O. The number of rotatable bonds is 3. The highest BCUT2D eigenvalue weighted by Crippen LogP contribution is 2.20. The molecule has 1 aliphatic rings. The molecule has 1 rings (SSSR count). The third-order valence-corrected chi connectivity index (χ3v) is 2.02. The van der Waals surface area contributed by atoms with Crippen molar-refractivity contribution >= 4 is 12.2 Å². The van der Waals surface area contributed by atoms with Gasteiger partial charge in [-0.2, -0.15) is 0 Å². The molecule has 0 saturated heterocycles. The van der Waals surface area contributed by atoms with Crippen LogP contribution in [0.15, 0.2) is 23.4 Å². The lowest BCUT2D eigenvalue weighted by Crippen LogP contribution is -2.20. The van der Waals surface area contributed by atoms with E-state index in [1.54, 1.807) is 6.08 Å². The van der Waals surface area contributed by atoms with Crippen molar-refractivity contribution in [1.29, 1.82) is 0 Å². The standard InChI is InChI=1S/C10H13NO2/c1-2-4-8-9(11-7-12)5-3-6-10(8)13/h2,4,7H,3,5-6H2,1H3,(H,11,12)/b4-2-. The van der Waals surface area contributed by atoms with Crippen LogP contribution in [0.2, 0.25) is 0 Å². The van der Waals surface area contributed by atoms with Crippen molar-refractivity contribution < 1.29 is 9.59 Å². The van der Waals surface area contributed by atoms with Crippen LogP contribution in [0, 0.1) is 0 Å². The van der Waals surface area contributed by atoms with Gasteiger partial charge in [-0.25, -0.2) is 0 Å². The number of allylic oxidation sites excluding steroid dienone is 4. The molecule has 0 unspecified atom stereocenters. The van der Waals surface area contributed by atoms with Crippen LogP contribution < -0.4 is 5.32 Å². The van der Waals surface area contributed by atoms with Gasteiger partial charge in [0.25, 0.3) is 0 Å². The normalized spacial score (nSPS) is 18.1. The number of carbonyl (C=O) groups excluding carboxylic acids is 2. The largest absolute Gasteiger partial charge is 0.332 e. The summed E-state index contributed by atoms with van der Waals surface area (Å²) in [5.74, 6) is 0.119. The maximum Gasteiger partial charge on any atom is 0.211 e. The first-order valence-corrected chi connectivity index (χ1v) is 4.38. The van der Waals surface area contributed by atoms with Crippen molar-refractivity contribution in [3.8, 4) is 0 Å². The van der Waals surface area contributed by atoms with Crippen LogP contribution >= 0.6 is 0 Å². The maximum absolute atomic E-state index is 11.4. The summed E-state index contributed by atoms with van der Waals surface area (Å²) >= 11 is 0. The first kappa shape index (κ1) is 9.71. The molecule has 1 aliphatic carbocycles. The molecule has 0 heterocycles. The van der Waals surface area contributed by atoms with E-state index in [-0.39, 0.29) is 5.78 Å². The molecule has 0 aliphatic heterocycles. The van der Waals surface area contributed by atoms with Gasteiger partial charge in [0.15, 0.2) is 5.78 Å². The van der Waals surface area contributed by atoms with E-state index in [1.807, 2.05) is 13.0 Å². The lowest BCUT2D eigenvalue weighted by molar-refractivity contribution is -0.115. The van der Waals surface area contributed by atoms with Crippen molar-refractivity contribution in [2.24, 2.45) is 0 Å². The zero-order valence-corrected chi connectivity index (χ0v) is 7.67. The molecule has 3 nitrogen and oxygen atoms in total. The van der Waals surface area contributed by atoms with Gasteiger partial charge < -0.3 is 5.32 Å². The van der Waals surface area contributed by atoms with Gasteiger partial charge in [0.2, 0.25) is 6.41 Å². The van der Waals surface area contributed by atoms with Gasteiger partial charge in [-0.05, 0) is 19.8 Å². The van der Waals surface area contributed by atoms with E-state index in [1.165, 1.54) is 0 Å². The van der Waals surface area contributed by atoms with Gasteiger partial charge >= 0.3 is 0 Å². The maximum atomic E-state index is 11.4. The van der Waals surface area contributed by atoms with Crippen LogP contribution in [0.25, 0.3) is 0 Å². The third kappa shape index (κ3) is 2.28. The number of Topliss-reactive ketones (excluding diaryl/α,β-unsaturated/α-hetero) is 1. The first-order valence-electron chi connectivity index (χ1n) is 4.38. The third-order valence-electron chi connectivity index (χ3n) is 2.02. The monoisotopic (exact) mass is 179 g/mol. The zero-order chi connectivity index (χ0) is 9.68. The fraction of sp³-hybridized carbons (Fsp3) is 0.400. The van der Waals surface area contributed by atoms with Crippen molar-refractivity contribution in [3.05, 3.63) is 23.4 Å². The molecule has 0 radical (unpaired) electrons. The topological polar surface area (TPSA) is 46.2 Å². The molecule has 70 valence electrons. The van der Waals surface area contributed by atoms with E-state index in [0.29, 0.717) is 18.4 Å². The van der Waals surface area contributed by atoms with E-state index in [9.17, 15) is 9.59 Å². The Hall–Kier alpha value is -1.38. The number of carbonyl (C=O) groups is 2. The Bertz CT molecular complexity index is 277. The molecule has 0 saturated carbocycles. The molecule has 0 aromatic heterocycles. The Morgan fingerprint density at radius 1 is 1.38 bits per heavy atom. The van der Waals surface area contributed by atoms with E-state index in [2.05, 4.69) is 5.32 Å². The first-order chi connectivity index (χ1) is 6.29. The van der Waals surface area contributed by atoms with Crippen LogP contribution in [-0.2, 0) is 9.59 Å². The lowest BCUT2D eigenvalue weighted by Gasteiger charge is -2.15. The summed E-state index contributed by atoms with van der Waals surface area (Å²) in [6, 6.07) is 0. The van der Waals surface area contributed by atoms with Crippen LogP contribution in [0.1, 0.15) is 26.2 Å². The average Bonchev–Trinajstić information content (AvgIpc) is 2.11. The highest BCUT2D eigenvalue weighted by molar-refractivity contribution is 5.99. The highest BCUT2D eigenvalue weighted by atomic mass is 16.1. The summed E-state index contributed by atoms with van der Waals surface area (Å²) in [5, 5.41) is 2.58. The summed E-state index contributed by atoms with van der Waals surface area (Å²) in [4.78, 5) is 21.7. The predicted molar refractivity (Wildman–Crippen MR) is 49.9 cm³/mol. The minimum absolute atomic E-state index is 0.119. The van der Waals surface area contributed by atoms with Gasteiger partial charge in [-0.15, -0.1) is 0 Å². The second-order valence-corrected chi connectivity index (χ2v) is 2.93. The lowest BCUT2D eigenvalue weighted by atomic mass is 9.94. The molecule has 0 atom stereocenters. The fourth-order valence-electron chi connectivity index (χ4n) is 1.44. The molecule has 0 spiro atoms. The van der Waals surface area contributed by atoms with Gasteiger partial charge in [-0.1, -0.05) is 12.2 Å². The molecular formula is C10H13NO2. The van der Waals surface area contributed by atoms with Gasteiger partial charge in [0, 0.05) is 17.7 Å².